The molecule has 1 aromatic rings. The largest absolute Gasteiger partial charge is 0.299 e. The van der Waals surface area contributed by atoms with Crippen LogP contribution in [-0.2, 0) is 0 Å². The summed E-state index contributed by atoms with van der Waals surface area (Å²) in [6.45, 7) is 0.755. The Balaban J connectivity index is 2.72. The third-order valence-electron chi connectivity index (χ3n) is 1.49. The van der Waals surface area contributed by atoms with Crippen molar-refractivity contribution in [3.63, 3.8) is 0 Å². The van der Waals surface area contributed by atoms with E-state index in [-0.39, 0.29) is 0 Å². The molecule has 2 heteroatoms. The van der Waals surface area contributed by atoms with E-state index >= 15 is 0 Å². The van der Waals surface area contributed by atoms with Crippen LogP contribution < -0.4 is 0 Å². The molecule has 0 amide bonds. The number of nitrogens with zero attached hydrogens (tertiary/aromatic N) is 1. The van der Waals surface area contributed by atoms with E-state index in [1.54, 1.807) is 0 Å². The SMILES string of the molecule is CN(C)CC#Cc1ccccc1Cl. The van der Waals surface area contributed by atoms with E-state index in [1.165, 1.54) is 0 Å². The van der Waals surface area contributed by atoms with Crippen molar-refractivity contribution in [1.29, 1.82) is 0 Å². The first kappa shape index (κ1) is 10.1. The zero-order valence-electron chi connectivity index (χ0n) is 7.84. The van der Waals surface area contributed by atoms with Crippen LogP contribution in [-0.4, -0.2) is 25.5 Å². The molecule has 0 saturated heterocycles. The topological polar surface area (TPSA) is 3.24 Å². The Morgan fingerprint density at radius 1 is 1.31 bits per heavy atom. The van der Waals surface area contributed by atoms with Crippen molar-refractivity contribution < 1.29 is 0 Å². The van der Waals surface area contributed by atoms with Gasteiger partial charge in [0.15, 0.2) is 0 Å². The average molecular weight is 194 g/mol. The fraction of sp³-hybridized carbons (Fsp3) is 0.273. The van der Waals surface area contributed by atoms with Gasteiger partial charge in [-0.1, -0.05) is 35.6 Å². The normalized spacial score (nSPS) is 9.54. The van der Waals surface area contributed by atoms with Crippen LogP contribution in [0.4, 0.5) is 0 Å². The second-order valence-corrected chi connectivity index (χ2v) is 3.43. The lowest BCUT2D eigenvalue weighted by Gasteiger charge is -2.01. The predicted octanol–water partition coefficient (Wildman–Crippen LogP) is 2.25. The molecule has 0 bridgehead atoms. The van der Waals surface area contributed by atoms with Crippen molar-refractivity contribution >= 4 is 11.6 Å². The summed E-state index contributed by atoms with van der Waals surface area (Å²) < 4.78 is 0. The molecular weight excluding hydrogens is 182 g/mol. The molecule has 0 heterocycles. The van der Waals surface area contributed by atoms with Crippen LogP contribution in [0.1, 0.15) is 5.56 Å². The fourth-order valence-corrected chi connectivity index (χ4v) is 1.04. The minimum Gasteiger partial charge on any atom is -0.299 e. The van der Waals surface area contributed by atoms with Gasteiger partial charge in [-0.15, -0.1) is 0 Å². The minimum atomic E-state index is 0.716. The number of benzene rings is 1. The van der Waals surface area contributed by atoms with Gasteiger partial charge in [-0.2, -0.15) is 0 Å². The van der Waals surface area contributed by atoms with Gasteiger partial charge in [-0.3, -0.25) is 4.90 Å². The Bertz CT molecular complexity index is 333. The molecule has 1 rings (SSSR count). The first-order valence-corrected chi connectivity index (χ1v) is 4.46. The van der Waals surface area contributed by atoms with Gasteiger partial charge in [-0.05, 0) is 26.2 Å². The van der Waals surface area contributed by atoms with Crippen LogP contribution >= 0.6 is 11.6 Å². The Morgan fingerprint density at radius 3 is 2.62 bits per heavy atom. The van der Waals surface area contributed by atoms with Gasteiger partial charge in [0.1, 0.15) is 0 Å². The highest BCUT2D eigenvalue weighted by Crippen LogP contribution is 2.12. The van der Waals surface area contributed by atoms with Gasteiger partial charge < -0.3 is 0 Å². The monoisotopic (exact) mass is 193 g/mol. The van der Waals surface area contributed by atoms with E-state index in [1.807, 2.05) is 43.3 Å². The standard InChI is InChI=1S/C11H12ClN/c1-13(2)9-5-7-10-6-3-4-8-11(10)12/h3-4,6,8H,9H2,1-2H3. The Kier molecular flexibility index (Phi) is 3.82. The molecule has 68 valence electrons. The lowest BCUT2D eigenvalue weighted by Crippen LogP contribution is -2.10. The van der Waals surface area contributed by atoms with Crippen LogP contribution in [0.3, 0.4) is 0 Å². The molecule has 1 aromatic carbocycles. The molecule has 0 aliphatic carbocycles. The van der Waals surface area contributed by atoms with Crippen molar-refractivity contribution in [1.82, 2.24) is 4.90 Å². The lowest BCUT2D eigenvalue weighted by molar-refractivity contribution is 0.464. The summed E-state index contributed by atoms with van der Waals surface area (Å²) >= 11 is 5.92. The number of hydrogen-bond acceptors (Lipinski definition) is 1. The van der Waals surface area contributed by atoms with Gasteiger partial charge >= 0.3 is 0 Å². The molecule has 0 atom stereocenters. The molecule has 1 nitrogen and oxygen atoms in total. The van der Waals surface area contributed by atoms with Gasteiger partial charge in [-0.25, -0.2) is 0 Å². The summed E-state index contributed by atoms with van der Waals surface area (Å²) in [5.41, 5.74) is 0.894. The molecule has 0 fully saturated rings. The maximum absolute atomic E-state index is 5.92. The second-order valence-electron chi connectivity index (χ2n) is 3.02. The maximum Gasteiger partial charge on any atom is 0.0600 e. The summed E-state index contributed by atoms with van der Waals surface area (Å²) in [6.07, 6.45) is 0. The van der Waals surface area contributed by atoms with E-state index in [2.05, 4.69) is 11.8 Å². The van der Waals surface area contributed by atoms with Crippen molar-refractivity contribution in [2.75, 3.05) is 20.6 Å². The van der Waals surface area contributed by atoms with Crippen LogP contribution in [0.25, 0.3) is 0 Å². The third kappa shape index (κ3) is 3.50. The van der Waals surface area contributed by atoms with E-state index in [4.69, 9.17) is 11.6 Å². The zero-order chi connectivity index (χ0) is 9.68. The first-order chi connectivity index (χ1) is 6.20. The fourth-order valence-electron chi connectivity index (χ4n) is 0.855. The van der Waals surface area contributed by atoms with Gasteiger partial charge in [0.2, 0.25) is 0 Å². The smallest absolute Gasteiger partial charge is 0.0600 e. The number of hydrogen-bond donors (Lipinski definition) is 0. The molecule has 0 aromatic heterocycles. The summed E-state index contributed by atoms with van der Waals surface area (Å²) in [5.74, 6) is 6.05. The maximum atomic E-state index is 5.92. The molecule has 0 saturated carbocycles. The minimum absolute atomic E-state index is 0.716. The molecule has 13 heavy (non-hydrogen) atoms. The van der Waals surface area contributed by atoms with Crippen LogP contribution in [0, 0.1) is 11.8 Å². The van der Waals surface area contributed by atoms with E-state index in [9.17, 15) is 0 Å². The highest BCUT2D eigenvalue weighted by atomic mass is 35.5. The quantitative estimate of drug-likeness (QED) is 0.619. The molecule has 0 spiro atoms. The predicted molar refractivity (Wildman–Crippen MR) is 56.9 cm³/mol. The summed E-state index contributed by atoms with van der Waals surface area (Å²) in [5, 5.41) is 0.716. The molecule has 0 aliphatic heterocycles. The van der Waals surface area contributed by atoms with Crippen LogP contribution in [0.2, 0.25) is 5.02 Å². The van der Waals surface area contributed by atoms with Crippen LogP contribution in [0.15, 0.2) is 24.3 Å². The van der Waals surface area contributed by atoms with Crippen molar-refractivity contribution in [3.05, 3.63) is 34.9 Å². The van der Waals surface area contributed by atoms with Crippen molar-refractivity contribution in [2.45, 2.75) is 0 Å². The third-order valence-corrected chi connectivity index (χ3v) is 1.82. The van der Waals surface area contributed by atoms with Crippen molar-refractivity contribution in [3.8, 4) is 11.8 Å². The number of rotatable bonds is 1. The lowest BCUT2D eigenvalue weighted by atomic mass is 10.2. The van der Waals surface area contributed by atoms with Crippen molar-refractivity contribution in [2.24, 2.45) is 0 Å². The van der Waals surface area contributed by atoms with Gasteiger partial charge in [0.05, 0.1) is 11.6 Å². The Labute approximate surface area is 84.3 Å². The molecule has 0 radical (unpaired) electrons. The summed E-state index contributed by atoms with van der Waals surface area (Å²) in [6, 6.07) is 7.61. The van der Waals surface area contributed by atoms with E-state index < -0.39 is 0 Å². The van der Waals surface area contributed by atoms with Gasteiger partial charge in [0.25, 0.3) is 0 Å². The second kappa shape index (κ2) is 4.91. The first-order valence-electron chi connectivity index (χ1n) is 4.08. The zero-order valence-corrected chi connectivity index (χ0v) is 8.60. The van der Waals surface area contributed by atoms with E-state index in [0.717, 1.165) is 12.1 Å². The highest BCUT2D eigenvalue weighted by Gasteiger charge is 1.92. The summed E-state index contributed by atoms with van der Waals surface area (Å²) in [4.78, 5) is 2.02. The van der Waals surface area contributed by atoms with Crippen LogP contribution in [0.5, 0.6) is 0 Å². The van der Waals surface area contributed by atoms with Gasteiger partial charge in [0, 0.05) is 5.56 Å². The summed E-state index contributed by atoms with van der Waals surface area (Å²) in [7, 11) is 3.97. The number of halogens is 1. The molecule has 0 N–H and O–H groups in total. The molecule has 0 unspecified atom stereocenters. The molecule has 0 aliphatic rings. The Morgan fingerprint density at radius 2 is 2.00 bits per heavy atom. The average Bonchev–Trinajstić information content (AvgIpc) is 2.08. The Hall–Kier alpha value is -0.970. The molecular formula is C11H12ClN. The highest BCUT2D eigenvalue weighted by molar-refractivity contribution is 6.31. The van der Waals surface area contributed by atoms with E-state index in [0.29, 0.717) is 5.02 Å².